The van der Waals surface area contributed by atoms with Crippen molar-refractivity contribution in [3.05, 3.63) is 48.3 Å². The smallest absolute Gasteiger partial charge is 0.159 e. The Morgan fingerprint density at radius 2 is 1.64 bits per heavy atom. The van der Waals surface area contributed by atoms with E-state index in [1.807, 2.05) is 6.07 Å². The van der Waals surface area contributed by atoms with Crippen molar-refractivity contribution in [3.63, 3.8) is 0 Å². The van der Waals surface area contributed by atoms with Gasteiger partial charge in [-0.1, -0.05) is 31.2 Å². The van der Waals surface area contributed by atoms with Gasteiger partial charge in [0.1, 0.15) is 0 Å². The van der Waals surface area contributed by atoms with Crippen molar-refractivity contribution >= 4 is 0 Å². The van der Waals surface area contributed by atoms with Crippen LogP contribution in [0.15, 0.2) is 42.7 Å². The van der Waals surface area contributed by atoms with Gasteiger partial charge in [0.05, 0.1) is 0 Å². The van der Waals surface area contributed by atoms with Gasteiger partial charge in [0.2, 0.25) is 0 Å². The monoisotopic (exact) mass is 184 g/mol. The lowest BCUT2D eigenvalue weighted by Crippen LogP contribution is -1.87. The van der Waals surface area contributed by atoms with Crippen molar-refractivity contribution in [2.75, 3.05) is 0 Å². The summed E-state index contributed by atoms with van der Waals surface area (Å²) in [5.74, 6) is 0.787. The maximum atomic E-state index is 4.19. The predicted molar refractivity (Wildman–Crippen MR) is 56.8 cm³/mol. The molecule has 0 saturated heterocycles. The first-order valence-corrected chi connectivity index (χ1v) is 4.76. The summed E-state index contributed by atoms with van der Waals surface area (Å²) in [6, 6.07) is 10.2. The molecule has 14 heavy (non-hydrogen) atoms. The van der Waals surface area contributed by atoms with E-state index in [1.54, 1.807) is 12.4 Å². The van der Waals surface area contributed by atoms with Gasteiger partial charge in [0.15, 0.2) is 5.82 Å². The Labute approximate surface area is 83.7 Å². The molecule has 1 heterocycles. The number of aromatic nitrogens is 2. The standard InChI is InChI=1S/C12H12N2/c1-2-10-4-6-11(7-5-10)12-13-8-3-9-14-12/h3-9H,2H2,1H3. The van der Waals surface area contributed by atoms with Crippen molar-refractivity contribution in [2.24, 2.45) is 0 Å². The molecule has 0 spiro atoms. The van der Waals surface area contributed by atoms with Crippen LogP contribution in [0.4, 0.5) is 0 Å². The molecular formula is C12H12N2. The molecule has 1 aromatic carbocycles. The van der Waals surface area contributed by atoms with Gasteiger partial charge < -0.3 is 0 Å². The lowest BCUT2D eigenvalue weighted by Gasteiger charge is -2.00. The highest BCUT2D eigenvalue weighted by Crippen LogP contribution is 2.14. The molecule has 0 unspecified atom stereocenters. The van der Waals surface area contributed by atoms with E-state index in [1.165, 1.54) is 5.56 Å². The van der Waals surface area contributed by atoms with E-state index in [4.69, 9.17) is 0 Å². The third-order valence-electron chi connectivity index (χ3n) is 2.19. The van der Waals surface area contributed by atoms with Crippen molar-refractivity contribution in [2.45, 2.75) is 13.3 Å². The molecule has 0 aliphatic rings. The summed E-state index contributed by atoms with van der Waals surface area (Å²) in [6.07, 6.45) is 4.59. The summed E-state index contributed by atoms with van der Waals surface area (Å²) in [5, 5.41) is 0. The molecule has 0 aliphatic heterocycles. The fourth-order valence-corrected chi connectivity index (χ4v) is 1.34. The topological polar surface area (TPSA) is 25.8 Å². The highest BCUT2D eigenvalue weighted by Gasteiger charge is 1.98. The van der Waals surface area contributed by atoms with Crippen LogP contribution in [0.3, 0.4) is 0 Å². The van der Waals surface area contributed by atoms with E-state index < -0.39 is 0 Å². The number of nitrogens with zero attached hydrogens (tertiary/aromatic N) is 2. The molecule has 0 radical (unpaired) electrons. The van der Waals surface area contributed by atoms with Crippen molar-refractivity contribution in [1.29, 1.82) is 0 Å². The first kappa shape index (κ1) is 8.88. The van der Waals surface area contributed by atoms with E-state index in [2.05, 4.69) is 41.2 Å². The van der Waals surface area contributed by atoms with E-state index in [-0.39, 0.29) is 0 Å². The lowest BCUT2D eigenvalue weighted by atomic mass is 10.1. The molecule has 0 amide bonds. The van der Waals surface area contributed by atoms with Gasteiger partial charge in [0, 0.05) is 18.0 Å². The number of hydrogen-bond acceptors (Lipinski definition) is 2. The van der Waals surface area contributed by atoms with E-state index in [9.17, 15) is 0 Å². The van der Waals surface area contributed by atoms with E-state index >= 15 is 0 Å². The maximum Gasteiger partial charge on any atom is 0.159 e. The molecule has 0 bridgehead atoms. The second-order valence-corrected chi connectivity index (χ2v) is 3.12. The highest BCUT2D eigenvalue weighted by atomic mass is 14.8. The number of benzene rings is 1. The Bertz CT molecular complexity index is 392. The minimum absolute atomic E-state index is 0.787. The van der Waals surface area contributed by atoms with Crippen LogP contribution < -0.4 is 0 Å². The Morgan fingerprint density at radius 3 is 2.21 bits per heavy atom. The number of aryl methyl sites for hydroxylation is 1. The fourth-order valence-electron chi connectivity index (χ4n) is 1.34. The average Bonchev–Trinajstić information content (AvgIpc) is 2.30. The van der Waals surface area contributed by atoms with Crippen molar-refractivity contribution in [3.8, 4) is 11.4 Å². The Kier molecular flexibility index (Phi) is 2.54. The third kappa shape index (κ3) is 1.79. The quantitative estimate of drug-likeness (QED) is 0.717. The molecule has 1 aromatic heterocycles. The Morgan fingerprint density at radius 1 is 1.00 bits per heavy atom. The molecule has 0 aliphatic carbocycles. The summed E-state index contributed by atoms with van der Waals surface area (Å²) < 4.78 is 0. The Balaban J connectivity index is 2.34. The lowest BCUT2D eigenvalue weighted by molar-refractivity contribution is 1.13. The summed E-state index contributed by atoms with van der Waals surface area (Å²) >= 11 is 0. The van der Waals surface area contributed by atoms with Crippen molar-refractivity contribution in [1.82, 2.24) is 9.97 Å². The molecular weight excluding hydrogens is 172 g/mol. The van der Waals surface area contributed by atoms with Crippen LogP contribution in [-0.2, 0) is 6.42 Å². The van der Waals surface area contributed by atoms with Crippen LogP contribution in [0.25, 0.3) is 11.4 Å². The van der Waals surface area contributed by atoms with Gasteiger partial charge >= 0.3 is 0 Å². The summed E-state index contributed by atoms with van der Waals surface area (Å²) in [7, 11) is 0. The molecule has 0 N–H and O–H groups in total. The molecule has 2 heteroatoms. The minimum atomic E-state index is 0.787. The molecule has 2 nitrogen and oxygen atoms in total. The van der Waals surface area contributed by atoms with E-state index in [0.29, 0.717) is 0 Å². The van der Waals surface area contributed by atoms with Crippen LogP contribution in [-0.4, -0.2) is 9.97 Å². The van der Waals surface area contributed by atoms with Crippen LogP contribution in [0.1, 0.15) is 12.5 Å². The van der Waals surface area contributed by atoms with Crippen molar-refractivity contribution < 1.29 is 0 Å². The zero-order valence-corrected chi connectivity index (χ0v) is 8.14. The second kappa shape index (κ2) is 4.01. The van der Waals surface area contributed by atoms with Gasteiger partial charge in [-0.15, -0.1) is 0 Å². The number of hydrogen-bond donors (Lipinski definition) is 0. The predicted octanol–water partition coefficient (Wildman–Crippen LogP) is 2.71. The summed E-state index contributed by atoms with van der Waals surface area (Å²) in [6.45, 7) is 2.15. The minimum Gasteiger partial charge on any atom is -0.237 e. The van der Waals surface area contributed by atoms with Crippen LogP contribution in [0, 0.1) is 0 Å². The second-order valence-electron chi connectivity index (χ2n) is 3.12. The van der Waals surface area contributed by atoms with Gasteiger partial charge in [0.25, 0.3) is 0 Å². The molecule has 70 valence electrons. The molecule has 0 fully saturated rings. The zero-order valence-electron chi connectivity index (χ0n) is 8.14. The molecule has 0 atom stereocenters. The SMILES string of the molecule is CCc1ccc(-c2ncccn2)cc1. The van der Waals surface area contributed by atoms with Crippen LogP contribution in [0.2, 0.25) is 0 Å². The van der Waals surface area contributed by atoms with E-state index in [0.717, 1.165) is 17.8 Å². The van der Waals surface area contributed by atoms with Gasteiger partial charge in [-0.05, 0) is 18.1 Å². The normalized spacial score (nSPS) is 10.1. The zero-order chi connectivity index (χ0) is 9.80. The Hall–Kier alpha value is -1.70. The molecule has 2 rings (SSSR count). The highest BCUT2D eigenvalue weighted by molar-refractivity contribution is 5.54. The molecule has 0 saturated carbocycles. The first-order valence-electron chi connectivity index (χ1n) is 4.76. The summed E-state index contributed by atoms with van der Waals surface area (Å²) in [4.78, 5) is 8.39. The van der Waals surface area contributed by atoms with Gasteiger partial charge in [-0.25, -0.2) is 9.97 Å². The van der Waals surface area contributed by atoms with Gasteiger partial charge in [-0.3, -0.25) is 0 Å². The first-order chi connectivity index (χ1) is 6.90. The van der Waals surface area contributed by atoms with Crippen LogP contribution >= 0.6 is 0 Å². The largest absolute Gasteiger partial charge is 0.237 e. The fraction of sp³-hybridized carbons (Fsp3) is 0.167. The van der Waals surface area contributed by atoms with Crippen LogP contribution in [0.5, 0.6) is 0 Å². The average molecular weight is 184 g/mol. The molecule has 2 aromatic rings. The summed E-state index contributed by atoms with van der Waals surface area (Å²) in [5.41, 5.74) is 2.41. The van der Waals surface area contributed by atoms with Gasteiger partial charge in [-0.2, -0.15) is 0 Å². The number of rotatable bonds is 2. The maximum absolute atomic E-state index is 4.19. The third-order valence-corrected chi connectivity index (χ3v) is 2.19.